The molecule has 26 heavy (non-hydrogen) atoms. The Morgan fingerprint density at radius 2 is 1.65 bits per heavy atom. The second-order valence-corrected chi connectivity index (χ2v) is 6.38. The number of ether oxygens (including phenoxy) is 2. The van der Waals surface area contributed by atoms with Crippen LogP contribution in [-0.2, 0) is 4.79 Å². The van der Waals surface area contributed by atoms with Crippen LogP contribution < -0.4 is 14.8 Å². The number of nitriles is 1. The number of fused-ring (bicyclic) bond motifs is 1. The summed E-state index contributed by atoms with van der Waals surface area (Å²) in [5.41, 5.74) is 0.631. The number of rotatable bonds is 6. The predicted molar refractivity (Wildman–Crippen MR) is 103 cm³/mol. The minimum atomic E-state index is -0.258. The Morgan fingerprint density at radius 3 is 2.42 bits per heavy atom. The fourth-order valence-corrected chi connectivity index (χ4v) is 2.76. The summed E-state index contributed by atoms with van der Waals surface area (Å²) in [6.07, 6.45) is 0. The second-order valence-electron chi connectivity index (χ2n) is 5.46. The summed E-state index contributed by atoms with van der Waals surface area (Å²) in [7, 11) is 0. The first-order valence-corrected chi connectivity index (χ1v) is 8.65. The van der Waals surface area contributed by atoms with Crippen LogP contribution in [0.2, 0.25) is 0 Å². The molecule has 0 heterocycles. The van der Waals surface area contributed by atoms with Crippen LogP contribution in [0.15, 0.2) is 65.1 Å². The van der Waals surface area contributed by atoms with E-state index in [1.54, 1.807) is 24.3 Å². The summed E-state index contributed by atoms with van der Waals surface area (Å²) in [4.78, 5) is 12.0. The number of nitrogens with one attached hydrogen (secondary N) is 1. The van der Waals surface area contributed by atoms with Gasteiger partial charge < -0.3 is 14.8 Å². The molecule has 130 valence electrons. The highest BCUT2D eigenvalue weighted by Crippen LogP contribution is 2.24. The van der Waals surface area contributed by atoms with Gasteiger partial charge in [0, 0.05) is 10.2 Å². The third kappa shape index (κ3) is 4.74. The maximum Gasteiger partial charge on any atom is 0.262 e. The van der Waals surface area contributed by atoms with E-state index in [9.17, 15) is 4.79 Å². The van der Waals surface area contributed by atoms with Gasteiger partial charge in [-0.05, 0) is 59.3 Å². The topological polar surface area (TPSA) is 71.3 Å². The van der Waals surface area contributed by atoms with Gasteiger partial charge in [-0.25, -0.2) is 0 Å². The van der Waals surface area contributed by atoms with Crippen LogP contribution in [0.1, 0.15) is 0 Å². The van der Waals surface area contributed by atoms with Crippen LogP contribution in [0.4, 0.5) is 5.69 Å². The molecule has 0 atom stereocenters. The molecule has 3 aromatic carbocycles. The first-order valence-electron chi connectivity index (χ1n) is 7.86. The Balaban J connectivity index is 1.55. The molecule has 1 amide bonds. The molecule has 1 N–H and O–H groups in total. The largest absolute Gasteiger partial charge is 0.484 e. The van der Waals surface area contributed by atoms with Crippen LogP contribution in [0.3, 0.4) is 0 Å². The van der Waals surface area contributed by atoms with E-state index in [1.807, 2.05) is 42.5 Å². The number of amides is 1. The molecule has 5 nitrogen and oxygen atoms in total. The fourth-order valence-electron chi connectivity index (χ4n) is 2.38. The van der Waals surface area contributed by atoms with E-state index < -0.39 is 0 Å². The smallest absolute Gasteiger partial charge is 0.262 e. The lowest BCUT2D eigenvalue weighted by molar-refractivity contribution is -0.118. The number of anilines is 1. The minimum absolute atomic E-state index is 0.0117. The van der Waals surface area contributed by atoms with E-state index >= 15 is 0 Å². The lowest BCUT2D eigenvalue weighted by Crippen LogP contribution is -2.20. The molecule has 0 aliphatic rings. The van der Waals surface area contributed by atoms with Gasteiger partial charge in [0.1, 0.15) is 17.6 Å². The van der Waals surface area contributed by atoms with E-state index in [0.717, 1.165) is 15.2 Å². The molecule has 0 saturated carbocycles. The highest BCUT2D eigenvalue weighted by atomic mass is 79.9. The number of nitrogens with zero attached hydrogens (tertiary/aromatic N) is 1. The van der Waals surface area contributed by atoms with Crippen molar-refractivity contribution >= 4 is 38.3 Å². The minimum Gasteiger partial charge on any atom is -0.484 e. The zero-order valence-corrected chi connectivity index (χ0v) is 15.3. The Kier molecular flexibility index (Phi) is 5.72. The van der Waals surface area contributed by atoms with Crippen molar-refractivity contribution in [3.63, 3.8) is 0 Å². The van der Waals surface area contributed by atoms with Crippen molar-refractivity contribution in [2.45, 2.75) is 0 Å². The summed E-state index contributed by atoms with van der Waals surface area (Å²) in [5.74, 6) is 0.949. The number of carbonyl (C=O) groups is 1. The Labute approximate surface area is 159 Å². The van der Waals surface area contributed by atoms with Crippen molar-refractivity contribution in [1.82, 2.24) is 0 Å². The molecule has 0 fully saturated rings. The van der Waals surface area contributed by atoms with Crippen molar-refractivity contribution in [2.75, 3.05) is 18.5 Å². The maximum absolute atomic E-state index is 12.0. The molecule has 0 bridgehead atoms. The SMILES string of the molecule is N#CCOc1ccc(NC(=O)COc2ccc3cc(Br)ccc3c2)cc1. The van der Waals surface area contributed by atoms with E-state index in [4.69, 9.17) is 14.7 Å². The molecule has 0 unspecified atom stereocenters. The molecule has 3 aromatic rings. The zero-order valence-electron chi connectivity index (χ0n) is 13.7. The van der Waals surface area contributed by atoms with Gasteiger partial charge in [0.25, 0.3) is 5.91 Å². The Hall–Kier alpha value is -3.04. The number of carbonyl (C=O) groups excluding carboxylic acids is 1. The van der Waals surface area contributed by atoms with Gasteiger partial charge in [-0.15, -0.1) is 0 Å². The average Bonchev–Trinajstić information content (AvgIpc) is 2.66. The van der Waals surface area contributed by atoms with Gasteiger partial charge in [-0.3, -0.25) is 4.79 Å². The van der Waals surface area contributed by atoms with E-state index in [-0.39, 0.29) is 19.1 Å². The summed E-state index contributed by atoms with van der Waals surface area (Å²) in [5, 5.41) is 13.4. The van der Waals surface area contributed by atoms with E-state index in [2.05, 4.69) is 21.2 Å². The highest BCUT2D eigenvalue weighted by molar-refractivity contribution is 9.10. The second kappa shape index (κ2) is 8.37. The van der Waals surface area contributed by atoms with E-state index in [1.165, 1.54) is 0 Å². The van der Waals surface area contributed by atoms with Crippen LogP contribution in [-0.4, -0.2) is 19.1 Å². The normalized spacial score (nSPS) is 10.2. The number of hydrogen-bond acceptors (Lipinski definition) is 4. The molecule has 0 spiro atoms. The van der Waals surface area contributed by atoms with Gasteiger partial charge in [0.15, 0.2) is 13.2 Å². The summed E-state index contributed by atoms with van der Waals surface area (Å²) >= 11 is 3.44. The molecule has 3 rings (SSSR count). The first kappa shape index (κ1) is 17.8. The van der Waals surface area contributed by atoms with Crippen LogP contribution >= 0.6 is 15.9 Å². The van der Waals surface area contributed by atoms with Crippen molar-refractivity contribution in [3.05, 3.63) is 65.1 Å². The van der Waals surface area contributed by atoms with Gasteiger partial charge in [0.2, 0.25) is 0 Å². The standard InChI is InChI=1S/C20H15BrN2O3/c21-16-3-1-15-12-19(6-2-14(15)11-16)26-13-20(24)23-17-4-7-18(8-5-17)25-10-9-22/h1-8,11-12H,10,13H2,(H,23,24). The summed E-state index contributed by atoms with van der Waals surface area (Å²) in [6.45, 7) is -0.100. The quantitative estimate of drug-likeness (QED) is 0.648. The van der Waals surface area contributed by atoms with E-state index in [0.29, 0.717) is 17.2 Å². The molecule has 0 aliphatic carbocycles. The number of hydrogen-bond donors (Lipinski definition) is 1. The van der Waals surface area contributed by atoms with Gasteiger partial charge >= 0.3 is 0 Å². The van der Waals surface area contributed by atoms with Crippen LogP contribution in [0, 0.1) is 11.3 Å². The van der Waals surface area contributed by atoms with Crippen molar-refractivity contribution in [1.29, 1.82) is 5.26 Å². The van der Waals surface area contributed by atoms with Crippen LogP contribution in [0.25, 0.3) is 10.8 Å². The lowest BCUT2D eigenvalue weighted by Gasteiger charge is -2.09. The van der Waals surface area contributed by atoms with Crippen molar-refractivity contribution in [2.24, 2.45) is 0 Å². The monoisotopic (exact) mass is 410 g/mol. The molecule has 0 aliphatic heterocycles. The lowest BCUT2D eigenvalue weighted by atomic mass is 10.1. The molecule has 0 radical (unpaired) electrons. The summed E-state index contributed by atoms with van der Waals surface area (Å²) in [6, 6.07) is 20.4. The van der Waals surface area contributed by atoms with Crippen molar-refractivity contribution in [3.8, 4) is 17.6 Å². The van der Waals surface area contributed by atoms with Gasteiger partial charge in [-0.2, -0.15) is 5.26 Å². The molecular weight excluding hydrogens is 396 g/mol. The Bertz CT molecular complexity index is 965. The average molecular weight is 411 g/mol. The van der Waals surface area contributed by atoms with Crippen molar-refractivity contribution < 1.29 is 14.3 Å². The first-order chi connectivity index (χ1) is 12.6. The Morgan fingerprint density at radius 1 is 0.962 bits per heavy atom. The molecule has 0 aromatic heterocycles. The third-order valence-electron chi connectivity index (χ3n) is 3.59. The fraction of sp³-hybridized carbons (Fsp3) is 0.100. The molecular formula is C20H15BrN2O3. The van der Waals surface area contributed by atoms with Gasteiger partial charge in [-0.1, -0.05) is 28.1 Å². The zero-order chi connectivity index (χ0) is 18.4. The number of halogens is 1. The highest BCUT2D eigenvalue weighted by Gasteiger charge is 2.05. The third-order valence-corrected chi connectivity index (χ3v) is 4.08. The molecule has 6 heteroatoms. The summed E-state index contributed by atoms with van der Waals surface area (Å²) < 4.78 is 11.7. The van der Waals surface area contributed by atoms with Gasteiger partial charge in [0.05, 0.1) is 0 Å². The maximum atomic E-state index is 12.0. The molecule has 0 saturated heterocycles. The predicted octanol–water partition coefficient (Wildman–Crippen LogP) is 4.52. The van der Waals surface area contributed by atoms with Crippen LogP contribution in [0.5, 0.6) is 11.5 Å². The number of benzene rings is 3.